The molecule has 3 aromatic rings. The first-order chi connectivity index (χ1) is 9.15. The molecule has 0 aliphatic rings. The molecule has 0 aliphatic heterocycles. The molecule has 2 aromatic carbocycles. The van der Waals surface area contributed by atoms with Crippen LogP contribution in [0.2, 0.25) is 10.0 Å². The van der Waals surface area contributed by atoms with Gasteiger partial charge in [0.2, 0.25) is 0 Å². The highest BCUT2D eigenvalue weighted by molar-refractivity contribution is 6.42. The van der Waals surface area contributed by atoms with Crippen molar-refractivity contribution in [1.29, 1.82) is 0 Å². The molecule has 0 unspecified atom stereocenters. The zero-order valence-electron chi connectivity index (χ0n) is 10.3. The van der Waals surface area contributed by atoms with Gasteiger partial charge in [0, 0.05) is 17.1 Å². The molecule has 1 aromatic heterocycles. The summed E-state index contributed by atoms with van der Waals surface area (Å²) in [6.07, 6.45) is 1.80. The van der Waals surface area contributed by atoms with Crippen LogP contribution in [-0.4, -0.2) is 4.98 Å². The second kappa shape index (κ2) is 4.84. The minimum absolute atomic E-state index is 0.560. The van der Waals surface area contributed by atoms with E-state index >= 15 is 0 Å². The number of aromatic nitrogens is 1. The molecule has 1 nitrogen and oxygen atoms in total. The lowest BCUT2D eigenvalue weighted by Crippen LogP contribution is -1.87. The van der Waals surface area contributed by atoms with Crippen LogP contribution in [0.1, 0.15) is 5.56 Å². The summed E-state index contributed by atoms with van der Waals surface area (Å²) in [5.41, 5.74) is 4.28. The summed E-state index contributed by atoms with van der Waals surface area (Å²) >= 11 is 12.1. The Morgan fingerprint density at radius 3 is 2.58 bits per heavy atom. The molecule has 3 rings (SSSR count). The van der Waals surface area contributed by atoms with Crippen LogP contribution in [0.25, 0.3) is 22.0 Å². The molecule has 0 fully saturated rings. The van der Waals surface area contributed by atoms with Crippen molar-refractivity contribution in [3.05, 3.63) is 64.3 Å². The fourth-order valence-corrected chi connectivity index (χ4v) is 2.52. The fourth-order valence-electron chi connectivity index (χ4n) is 2.23. The van der Waals surface area contributed by atoms with Crippen molar-refractivity contribution < 1.29 is 0 Å². The van der Waals surface area contributed by atoms with Crippen LogP contribution in [0.15, 0.2) is 48.7 Å². The van der Waals surface area contributed by atoms with Gasteiger partial charge in [-0.15, -0.1) is 0 Å². The maximum absolute atomic E-state index is 6.10. The topological polar surface area (TPSA) is 12.9 Å². The van der Waals surface area contributed by atoms with Crippen LogP contribution >= 0.6 is 23.2 Å². The lowest BCUT2D eigenvalue weighted by Gasteiger charge is -2.08. The SMILES string of the molecule is Cc1cc(-c2ccc(Cl)c(Cl)c2)c2ncccc2c1. The lowest BCUT2D eigenvalue weighted by atomic mass is 9.99. The van der Waals surface area contributed by atoms with Gasteiger partial charge in [0.25, 0.3) is 0 Å². The highest BCUT2D eigenvalue weighted by Crippen LogP contribution is 2.32. The third-order valence-electron chi connectivity index (χ3n) is 3.08. The highest BCUT2D eigenvalue weighted by Gasteiger charge is 2.08. The molecule has 0 spiro atoms. The van der Waals surface area contributed by atoms with Crippen LogP contribution in [0, 0.1) is 6.92 Å². The van der Waals surface area contributed by atoms with Crippen molar-refractivity contribution in [2.24, 2.45) is 0 Å². The van der Waals surface area contributed by atoms with E-state index in [2.05, 4.69) is 30.1 Å². The predicted octanol–water partition coefficient (Wildman–Crippen LogP) is 5.52. The summed E-state index contributed by atoms with van der Waals surface area (Å²) in [4.78, 5) is 4.47. The summed E-state index contributed by atoms with van der Waals surface area (Å²) in [6.45, 7) is 2.08. The summed E-state index contributed by atoms with van der Waals surface area (Å²) < 4.78 is 0. The third kappa shape index (κ3) is 2.32. The van der Waals surface area contributed by atoms with Crippen molar-refractivity contribution >= 4 is 34.1 Å². The largest absolute Gasteiger partial charge is 0.256 e. The number of rotatable bonds is 1. The van der Waals surface area contributed by atoms with Gasteiger partial charge >= 0.3 is 0 Å². The summed E-state index contributed by atoms with van der Waals surface area (Å²) in [5, 5.41) is 2.25. The number of hydrogen-bond acceptors (Lipinski definition) is 1. The van der Waals surface area contributed by atoms with Crippen molar-refractivity contribution in [3.8, 4) is 11.1 Å². The molecule has 0 atom stereocenters. The Labute approximate surface area is 121 Å². The second-order valence-corrected chi connectivity index (χ2v) is 5.33. The maximum Gasteiger partial charge on any atom is 0.0780 e. The monoisotopic (exact) mass is 287 g/mol. The highest BCUT2D eigenvalue weighted by atomic mass is 35.5. The summed E-state index contributed by atoms with van der Waals surface area (Å²) in [6, 6.07) is 13.9. The Morgan fingerprint density at radius 1 is 0.947 bits per heavy atom. The number of benzene rings is 2. The molecule has 0 aliphatic carbocycles. The standard InChI is InChI=1S/C16H11Cl2N/c1-10-7-12-3-2-6-19-16(12)13(8-10)11-4-5-14(17)15(18)9-11/h2-9H,1H3. The number of aryl methyl sites for hydroxylation is 1. The Kier molecular flexibility index (Phi) is 3.17. The molecule has 3 heteroatoms. The molecular formula is C16H11Cl2N. The van der Waals surface area contributed by atoms with E-state index in [0.717, 1.165) is 22.0 Å². The molecular weight excluding hydrogens is 277 g/mol. The molecule has 0 N–H and O–H groups in total. The van der Waals surface area contributed by atoms with E-state index in [1.807, 2.05) is 24.3 Å². The van der Waals surface area contributed by atoms with Crippen molar-refractivity contribution in [1.82, 2.24) is 4.98 Å². The minimum atomic E-state index is 0.560. The van der Waals surface area contributed by atoms with Gasteiger partial charge in [0.05, 0.1) is 15.6 Å². The van der Waals surface area contributed by atoms with Gasteiger partial charge in [-0.2, -0.15) is 0 Å². The molecule has 0 saturated heterocycles. The molecule has 94 valence electrons. The van der Waals surface area contributed by atoms with E-state index < -0.39 is 0 Å². The van der Waals surface area contributed by atoms with Gasteiger partial charge in [-0.3, -0.25) is 4.98 Å². The van der Waals surface area contributed by atoms with E-state index in [1.165, 1.54) is 5.56 Å². The quantitative estimate of drug-likeness (QED) is 0.574. The molecule has 0 radical (unpaired) electrons. The molecule has 0 amide bonds. The first-order valence-electron chi connectivity index (χ1n) is 5.96. The van der Waals surface area contributed by atoms with Gasteiger partial charge in [-0.25, -0.2) is 0 Å². The van der Waals surface area contributed by atoms with Crippen molar-refractivity contribution in [2.45, 2.75) is 6.92 Å². The normalized spacial score (nSPS) is 10.9. The van der Waals surface area contributed by atoms with Crippen LogP contribution < -0.4 is 0 Å². The first kappa shape index (κ1) is 12.5. The van der Waals surface area contributed by atoms with E-state index in [9.17, 15) is 0 Å². The van der Waals surface area contributed by atoms with Crippen molar-refractivity contribution in [2.75, 3.05) is 0 Å². The number of hydrogen-bond donors (Lipinski definition) is 0. The Bertz CT molecular complexity index is 766. The van der Waals surface area contributed by atoms with E-state index in [-0.39, 0.29) is 0 Å². The number of halogens is 2. The molecule has 1 heterocycles. The van der Waals surface area contributed by atoms with E-state index in [0.29, 0.717) is 10.0 Å². The zero-order chi connectivity index (χ0) is 13.4. The van der Waals surface area contributed by atoms with Crippen LogP contribution in [0.5, 0.6) is 0 Å². The number of pyridine rings is 1. The smallest absolute Gasteiger partial charge is 0.0780 e. The van der Waals surface area contributed by atoms with Gasteiger partial charge in [-0.05, 0) is 48.4 Å². The second-order valence-electron chi connectivity index (χ2n) is 4.52. The van der Waals surface area contributed by atoms with Crippen molar-refractivity contribution in [3.63, 3.8) is 0 Å². The van der Waals surface area contributed by atoms with Gasteiger partial charge in [0.15, 0.2) is 0 Å². The predicted molar refractivity (Wildman–Crippen MR) is 81.9 cm³/mol. The van der Waals surface area contributed by atoms with Crippen LogP contribution in [-0.2, 0) is 0 Å². The van der Waals surface area contributed by atoms with Crippen LogP contribution in [0.3, 0.4) is 0 Å². The van der Waals surface area contributed by atoms with Gasteiger partial charge in [0.1, 0.15) is 0 Å². The van der Waals surface area contributed by atoms with Gasteiger partial charge < -0.3 is 0 Å². The molecule has 19 heavy (non-hydrogen) atoms. The minimum Gasteiger partial charge on any atom is -0.256 e. The average molecular weight is 288 g/mol. The third-order valence-corrected chi connectivity index (χ3v) is 3.82. The molecule has 0 bridgehead atoms. The fraction of sp³-hybridized carbons (Fsp3) is 0.0625. The Hall–Kier alpha value is -1.57. The van der Waals surface area contributed by atoms with Gasteiger partial charge in [-0.1, -0.05) is 35.3 Å². The number of fused-ring (bicyclic) bond motifs is 1. The molecule has 0 saturated carbocycles. The van der Waals surface area contributed by atoms with E-state index in [4.69, 9.17) is 23.2 Å². The zero-order valence-corrected chi connectivity index (χ0v) is 11.8. The first-order valence-corrected chi connectivity index (χ1v) is 6.71. The number of nitrogens with zero attached hydrogens (tertiary/aromatic N) is 1. The lowest BCUT2D eigenvalue weighted by molar-refractivity contribution is 1.39. The Morgan fingerprint density at radius 2 is 1.79 bits per heavy atom. The summed E-state index contributed by atoms with van der Waals surface area (Å²) in [5.74, 6) is 0. The van der Waals surface area contributed by atoms with Crippen LogP contribution in [0.4, 0.5) is 0 Å². The van der Waals surface area contributed by atoms with E-state index in [1.54, 1.807) is 6.20 Å². The maximum atomic E-state index is 6.10. The average Bonchev–Trinajstić information content (AvgIpc) is 2.41. The summed E-state index contributed by atoms with van der Waals surface area (Å²) in [7, 11) is 0. The Balaban J connectivity index is 2.32.